The molecule has 8 atom stereocenters. The number of ether oxygens (including phenoxy) is 2. The number of cyclic esters (lactones) is 1. The largest absolute Gasteiger partial charge is 0.463 e. The highest BCUT2D eigenvalue weighted by molar-refractivity contribution is 5.85. The molecule has 4 saturated carbocycles. The van der Waals surface area contributed by atoms with Crippen molar-refractivity contribution >= 4 is 11.9 Å². The number of aliphatic hydroxyl groups is 1. The van der Waals surface area contributed by atoms with E-state index in [1.165, 1.54) is 6.92 Å². The molecule has 0 unspecified atom stereocenters. The molecular weight excluding hydrogens is 380 g/mol. The number of rotatable bonds is 2. The number of fused-ring (bicyclic) bond motifs is 5. The first-order valence-electron chi connectivity index (χ1n) is 11.9. The molecule has 1 aliphatic heterocycles. The third-order valence-corrected chi connectivity index (χ3v) is 10.3. The Morgan fingerprint density at radius 2 is 1.90 bits per heavy atom. The normalized spacial score (nSPS) is 50.1. The molecule has 0 saturated heterocycles. The lowest BCUT2D eigenvalue weighted by molar-refractivity contribution is -0.209. The molecule has 1 heterocycles. The van der Waals surface area contributed by atoms with E-state index in [1.807, 2.05) is 0 Å². The van der Waals surface area contributed by atoms with Crippen molar-refractivity contribution in [1.29, 1.82) is 0 Å². The second-order valence-corrected chi connectivity index (χ2v) is 11.3. The summed E-state index contributed by atoms with van der Waals surface area (Å²) in [6, 6.07) is 0. The summed E-state index contributed by atoms with van der Waals surface area (Å²) >= 11 is 0. The zero-order valence-electron chi connectivity index (χ0n) is 18.6. The van der Waals surface area contributed by atoms with Crippen LogP contribution in [-0.2, 0) is 19.1 Å². The number of esters is 2. The molecule has 0 aromatic carbocycles. The van der Waals surface area contributed by atoms with Gasteiger partial charge in [-0.2, -0.15) is 0 Å². The Hall–Kier alpha value is -1.36. The van der Waals surface area contributed by atoms with Crippen LogP contribution in [0.2, 0.25) is 0 Å². The van der Waals surface area contributed by atoms with E-state index < -0.39 is 5.60 Å². The molecule has 0 aromatic heterocycles. The molecule has 5 aliphatic rings. The van der Waals surface area contributed by atoms with Crippen LogP contribution in [0, 0.1) is 34.5 Å². The zero-order chi connectivity index (χ0) is 21.3. The van der Waals surface area contributed by atoms with E-state index in [2.05, 4.69) is 13.8 Å². The van der Waals surface area contributed by atoms with E-state index in [0.29, 0.717) is 24.4 Å². The summed E-state index contributed by atoms with van der Waals surface area (Å²) in [7, 11) is 0. The molecular formula is C25H36O5. The first-order chi connectivity index (χ1) is 14.2. The Morgan fingerprint density at radius 1 is 1.10 bits per heavy atom. The van der Waals surface area contributed by atoms with Crippen molar-refractivity contribution in [3.63, 3.8) is 0 Å². The fourth-order valence-electron chi connectivity index (χ4n) is 8.71. The Labute approximate surface area is 179 Å². The molecule has 4 fully saturated rings. The van der Waals surface area contributed by atoms with Gasteiger partial charge >= 0.3 is 11.9 Å². The molecule has 0 bridgehead atoms. The maximum Gasteiger partial charge on any atom is 0.331 e. The van der Waals surface area contributed by atoms with Crippen LogP contribution in [-0.4, -0.2) is 35.4 Å². The van der Waals surface area contributed by atoms with Crippen LogP contribution in [0.15, 0.2) is 11.6 Å². The molecule has 5 heteroatoms. The van der Waals surface area contributed by atoms with Crippen molar-refractivity contribution in [2.24, 2.45) is 34.5 Å². The predicted molar refractivity (Wildman–Crippen MR) is 111 cm³/mol. The van der Waals surface area contributed by atoms with Crippen molar-refractivity contribution in [2.45, 2.75) is 90.3 Å². The Balaban J connectivity index is 1.40. The lowest BCUT2D eigenvalue weighted by Gasteiger charge is -2.63. The smallest absolute Gasteiger partial charge is 0.331 e. The third-order valence-electron chi connectivity index (χ3n) is 10.3. The Morgan fingerprint density at radius 3 is 2.60 bits per heavy atom. The van der Waals surface area contributed by atoms with Crippen LogP contribution in [0.3, 0.4) is 0 Å². The van der Waals surface area contributed by atoms with Crippen LogP contribution < -0.4 is 0 Å². The zero-order valence-corrected chi connectivity index (χ0v) is 18.6. The molecule has 0 spiro atoms. The lowest BCUT2D eigenvalue weighted by Crippen LogP contribution is -2.62. The van der Waals surface area contributed by atoms with Crippen LogP contribution in [0.4, 0.5) is 0 Å². The number of carbonyl (C=O) groups excluding carboxylic acids is 2. The summed E-state index contributed by atoms with van der Waals surface area (Å²) in [5, 5.41) is 12.2. The second-order valence-electron chi connectivity index (χ2n) is 11.3. The van der Waals surface area contributed by atoms with Gasteiger partial charge in [0.2, 0.25) is 0 Å². The average molecular weight is 417 g/mol. The van der Waals surface area contributed by atoms with E-state index in [1.54, 1.807) is 6.08 Å². The van der Waals surface area contributed by atoms with Gasteiger partial charge in [-0.15, -0.1) is 0 Å². The third kappa shape index (κ3) is 2.76. The SMILES string of the molecule is CC(=O)O[C@@H]1CC[C@]2(C)[C@H](CC[C@@H]3[C@@H]2CC[C@]2(C)[C@H](C4=CC(=O)OC4)CC[C@]32O)C1. The van der Waals surface area contributed by atoms with Crippen molar-refractivity contribution in [3.8, 4) is 0 Å². The topological polar surface area (TPSA) is 72.8 Å². The van der Waals surface area contributed by atoms with Gasteiger partial charge in [0, 0.05) is 18.4 Å². The summed E-state index contributed by atoms with van der Waals surface area (Å²) in [6.07, 6.45) is 10.9. The minimum Gasteiger partial charge on any atom is -0.463 e. The maximum atomic E-state index is 12.2. The average Bonchev–Trinajstić information content (AvgIpc) is 3.22. The highest BCUT2D eigenvalue weighted by Crippen LogP contribution is 2.69. The Bertz CT molecular complexity index is 788. The van der Waals surface area contributed by atoms with Crippen molar-refractivity contribution in [1.82, 2.24) is 0 Å². The minimum absolute atomic E-state index is 0.0665. The van der Waals surface area contributed by atoms with Gasteiger partial charge in [0.1, 0.15) is 12.7 Å². The van der Waals surface area contributed by atoms with E-state index in [-0.39, 0.29) is 34.8 Å². The molecule has 30 heavy (non-hydrogen) atoms. The molecule has 0 amide bonds. The molecule has 166 valence electrons. The highest BCUT2D eigenvalue weighted by Gasteiger charge is 2.67. The quantitative estimate of drug-likeness (QED) is 0.684. The maximum absolute atomic E-state index is 12.2. The Kier molecular flexibility index (Phi) is 4.67. The van der Waals surface area contributed by atoms with Crippen LogP contribution in [0.25, 0.3) is 0 Å². The summed E-state index contributed by atoms with van der Waals surface area (Å²) in [5.74, 6) is 1.29. The van der Waals surface area contributed by atoms with Crippen LogP contribution in [0.1, 0.15) is 78.6 Å². The summed E-state index contributed by atoms with van der Waals surface area (Å²) in [5.41, 5.74) is 0.485. The van der Waals surface area contributed by atoms with Crippen molar-refractivity contribution in [2.75, 3.05) is 6.61 Å². The highest BCUT2D eigenvalue weighted by atomic mass is 16.5. The molecule has 4 aliphatic carbocycles. The number of carbonyl (C=O) groups is 2. The monoisotopic (exact) mass is 416 g/mol. The molecule has 0 aromatic rings. The van der Waals surface area contributed by atoms with Gasteiger partial charge in [0.05, 0.1) is 5.60 Å². The second kappa shape index (κ2) is 6.82. The van der Waals surface area contributed by atoms with Crippen molar-refractivity contribution in [3.05, 3.63) is 11.6 Å². The molecule has 5 nitrogen and oxygen atoms in total. The van der Waals surface area contributed by atoms with E-state index in [0.717, 1.165) is 63.4 Å². The van der Waals surface area contributed by atoms with Crippen molar-refractivity contribution < 1.29 is 24.2 Å². The first-order valence-corrected chi connectivity index (χ1v) is 11.9. The van der Waals surface area contributed by atoms with Gasteiger partial charge in [0.15, 0.2) is 0 Å². The van der Waals surface area contributed by atoms with E-state index >= 15 is 0 Å². The van der Waals surface area contributed by atoms with Gasteiger partial charge in [-0.25, -0.2) is 4.79 Å². The summed E-state index contributed by atoms with van der Waals surface area (Å²) < 4.78 is 10.8. The summed E-state index contributed by atoms with van der Waals surface area (Å²) in [4.78, 5) is 23.1. The van der Waals surface area contributed by atoms with E-state index in [9.17, 15) is 14.7 Å². The fourth-order valence-corrected chi connectivity index (χ4v) is 8.71. The lowest BCUT2D eigenvalue weighted by atomic mass is 9.43. The fraction of sp³-hybridized carbons (Fsp3) is 0.840. The van der Waals surface area contributed by atoms with Gasteiger partial charge in [-0.3, -0.25) is 4.79 Å². The summed E-state index contributed by atoms with van der Waals surface area (Å²) in [6.45, 7) is 6.64. The van der Waals surface area contributed by atoms with Crippen LogP contribution in [0.5, 0.6) is 0 Å². The van der Waals surface area contributed by atoms with Gasteiger partial charge in [0.25, 0.3) is 0 Å². The molecule has 5 rings (SSSR count). The molecule has 0 radical (unpaired) electrons. The standard InChI is InChI=1S/C25H36O5/c1-15(26)30-18-6-9-23(2)17(13-18)4-5-21-20(23)7-10-24(3)19(8-11-25(21,24)28)16-12-22(27)29-14-16/h12,17-21,28H,4-11,13-14H2,1-3H3/t17-,18-,19+,20+,21-,23-,24-,25+/m1/s1. The van der Waals surface area contributed by atoms with Gasteiger partial charge in [-0.1, -0.05) is 13.8 Å². The van der Waals surface area contributed by atoms with Crippen LogP contribution >= 0.6 is 0 Å². The predicted octanol–water partition coefficient (Wildman–Crippen LogP) is 4.18. The first kappa shape index (κ1) is 20.5. The molecule has 1 N–H and O–H groups in total. The van der Waals surface area contributed by atoms with Gasteiger partial charge < -0.3 is 14.6 Å². The van der Waals surface area contributed by atoms with E-state index in [4.69, 9.17) is 9.47 Å². The minimum atomic E-state index is -0.659. The number of hydrogen-bond donors (Lipinski definition) is 1. The van der Waals surface area contributed by atoms with Gasteiger partial charge in [-0.05, 0) is 92.4 Å². The number of hydrogen-bond acceptors (Lipinski definition) is 5.